The van der Waals surface area contributed by atoms with Crippen molar-refractivity contribution in [1.82, 2.24) is 25.3 Å². The van der Waals surface area contributed by atoms with E-state index in [1.165, 1.54) is 0 Å². The zero-order chi connectivity index (χ0) is 25.8. The van der Waals surface area contributed by atoms with Gasteiger partial charge >= 0.3 is 0 Å². The number of carbonyl (C=O) groups is 1. The second kappa shape index (κ2) is 10.5. The normalized spacial score (nSPS) is 11.5. The monoisotopic (exact) mass is 479 g/mol. The van der Waals surface area contributed by atoms with E-state index in [2.05, 4.69) is 37.4 Å². The molecule has 0 fully saturated rings. The van der Waals surface area contributed by atoms with Gasteiger partial charge in [-0.15, -0.1) is 0 Å². The van der Waals surface area contributed by atoms with E-state index in [0.29, 0.717) is 17.5 Å². The number of hydrogen-bond donors (Lipinski definition) is 2. The first-order valence-corrected chi connectivity index (χ1v) is 11.7. The Morgan fingerprint density at radius 2 is 1.75 bits per heavy atom. The maximum absolute atomic E-state index is 12.4. The molecule has 0 saturated carbocycles. The average Bonchev–Trinajstić information content (AvgIpc) is 2.87. The van der Waals surface area contributed by atoms with E-state index in [4.69, 9.17) is 4.98 Å². The van der Waals surface area contributed by atoms with Crippen LogP contribution < -0.4 is 15.5 Å². The fourth-order valence-corrected chi connectivity index (χ4v) is 3.76. The van der Waals surface area contributed by atoms with Crippen molar-refractivity contribution < 1.29 is 4.79 Å². The summed E-state index contributed by atoms with van der Waals surface area (Å²) in [6.07, 6.45) is 1.77. The van der Waals surface area contributed by atoms with Gasteiger partial charge in [-0.05, 0) is 70.1 Å². The van der Waals surface area contributed by atoms with Crippen LogP contribution in [0, 0.1) is 25.7 Å². The molecule has 0 aliphatic heterocycles. The fraction of sp³-hybridized carbons (Fsp3) is 0.250. The van der Waals surface area contributed by atoms with Crippen LogP contribution in [0.5, 0.6) is 0 Å². The molecule has 0 bridgehead atoms. The quantitative estimate of drug-likeness (QED) is 0.421. The molecular weight excluding hydrogens is 450 g/mol. The Hall–Kier alpha value is -4.35. The number of aryl methyl sites for hydroxylation is 2. The Morgan fingerprint density at radius 3 is 2.44 bits per heavy atom. The van der Waals surface area contributed by atoms with Gasteiger partial charge in [0.2, 0.25) is 11.9 Å². The third-order valence-electron chi connectivity index (χ3n) is 5.83. The third kappa shape index (κ3) is 5.32. The first-order valence-electron chi connectivity index (χ1n) is 11.7. The van der Waals surface area contributed by atoms with Gasteiger partial charge in [0.15, 0.2) is 0 Å². The van der Waals surface area contributed by atoms with E-state index in [1.807, 2.05) is 69.2 Å². The molecule has 182 valence electrons. The molecule has 0 saturated heterocycles. The molecule has 1 aromatic carbocycles. The minimum Gasteiger partial charge on any atom is -0.347 e. The van der Waals surface area contributed by atoms with Gasteiger partial charge in [-0.1, -0.05) is 12.0 Å². The summed E-state index contributed by atoms with van der Waals surface area (Å²) in [5.74, 6) is 7.35. The van der Waals surface area contributed by atoms with E-state index in [0.717, 1.165) is 39.0 Å². The number of aromatic nitrogens is 4. The SMILES string of the molecule is CNC(C)C(=O)Nc1ccc(-c2c(C)nc(N(C)C)nc2C)c(C#Cc2ccc3ncccc3c2)n1. The van der Waals surface area contributed by atoms with Crippen LogP contribution in [0.4, 0.5) is 11.8 Å². The number of fused-ring (bicyclic) bond motifs is 1. The van der Waals surface area contributed by atoms with Gasteiger partial charge in [-0.3, -0.25) is 9.78 Å². The minimum absolute atomic E-state index is 0.176. The van der Waals surface area contributed by atoms with Crippen LogP contribution >= 0.6 is 0 Å². The Balaban J connectivity index is 1.82. The molecule has 3 heterocycles. The molecule has 36 heavy (non-hydrogen) atoms. The van der Waals surface area contributed by atoms with Crippen LogP contribution in [0.1, 0.15) is 29.6 Å². The molecule has 3 aromatic heterocycles. The molecule has 4 aromatic rings. The first-order chi connectivity index (χ1) is 17.3. The summed E-state index contributed by atoms with van der Waals surface area (Å²) in [5, 5.41) is 6.81. The highest BCUT2D eigenvalue weighted by Gasteiger charge is 2.17. The number of amides is 1. The number of nitrogens with zero attached hydrogens (tertiary/aromatic N) is 5. The second-order valence-electron chi connectivity index (χ2n) is 8.72. The van der Waals surface area contributed by atoms with Crippen molar-refractivity contribution in [3.8, 4) is 23.0 Å². The molecular formula is C28H29N7O. The molecule has 0 radical (unpaired) electrons. The van der Waals surface area contributed by atoms with Gasteiger partial charge in [0.05, 0.1) is 22.9 Å². The Morgan fingerprint density at radius 1 is 1.00 bits per heavy atom. The highest BCUT2D eigenvalue weighted by atomic mass is 16.2. The van der Waals surface area contributed by atoms with E-state index < -0.39 is 0 Å². The molecule has 1 atom stereocenters. The fourth-order valence-electron chi connectivity index (χ4n) is 3.76. The van der Waals surface area contributed by atoms with Crippen molar-refractivity contribution in [2.75, 3.05) is 31.4 Å². The molecule has 1 unspecified atom stereocenters. The lowest BCUT2D eigenvalue weighted by molar-refractivity contribution is -0.117. The van der Waals surface area contributed by atoms with Gasteiger partial charge in [-0.25, -0.2) is 15.0 Å². The summed E-state index contributed by atoms with van der Waals surface area (Å²) in [6, 6.07) is 13.1. The lowest BCUT2D eigenvalue weighted by atomic mass is 10.0. The predicted octanol–water partition coefficient (Wildman–Crippen LogP) is 3.72. The molecule has 0 spiro atoms. The van der Waals surface area contributed by atoms with Gasteiger partial charge in [0, 0.05) is 42.4 Å². The number of anilines is 2. The largest absolute Gasteiger partial charge is 0.347 e. The summed E-state index contributed by atoms with van der Waals surface area (Å²) in [5.41, 5.74) is 5.63. The van der Waals surface area contributed by atoms with Crippen LogP contribution in [0.15, 0.2) is 48.7 Å². The van der Waals surface area contributed by atoms with Gasteiger partial charge in [-0.2, -0.15) is 0 Å². The summed E-state index contributed by atoms with van der Waals surface area (Å²) in [4.78, 5) is 32.7. The number of carbonyl (C=O) groups excluding carboxylic acids is 1. The maximum Gasteiger partial charge on any atom is 0.242 e. The van der Waals surface area contributed by atoms with Crippen molar-refractivity contribution >= 4 is 28.6 Å². The van der Waals surface area contributed by atoms with Gasteiger partial charge < -0.3 is 15.5 Å². The zero-order valence-electron chi connectivity index (χ0n) is 21.3. The van der Waals surface area contributed by atoms with Crippen LogP contribution in [0.25, 0.3) is 22.0 Å². The second-order valence-corrected chi connectivity index (χ2v) is 8.72. The standard InChI is InChI=1S/C28H29N7O/c1-17-26(18(2)32-28(31-17)35(5)6)22-11-14-25(34-27(36)19(3)29-4)33-24(22)13-10-20-9-12-23-21(16-20)8-7-15-30-23/h7-9,11-12,14-16,19,29H,1-6H3,(H,33,34,36). The Bertz CT molecular complexity index is 1480. The van der Waals surface area contributed by atoms with Crippen molar-refractivity contribution in [2.24, 2.45) is 0 Å². The molecule has 1 amide bonds. The van der Waals surface area contributed by atoms with Gasteiger partial charge in [0.1, 0.15) is 11.5 Å². The number of likely N-dealkylation sites (N-methyl/N-ethyl adjacent to an activating group) is 1. The summed E-state index contributed by atoms with van der Waals surface area (Å²) < 4.78 is 0. The number of hydrogen-bond acceptors (Lipinski definition) is 7. The number of pyridine rings is 2. The van der Waals surface area contributed by atoms with E-state index in [-0.39, 0.29) is 11.9 Å². The highest BCUT2D eigenvalue weighted by Crippen LogP contribution is 2.30. The van der Waals surface area contributed by atoms with Crippen LogP contribution in [-0.2, 0) is 4.79 Å². The van der Waals surface area contributed by atoms with Crippen molar-refractivity contribution in [1.29, 1.82) is 0 Å². The van der Waals surface area contributed by atoms with Crippen molar-refractivity contribution in [3.05, 3.63) is 71.3 Å². The molecule has 0 aliphatic carbocycles. The zero-order valence-corrected chi connectivity index (χ0v) is 21.3. The number of rotatable bonds is 5. The lowest BCUT2D eigenvalue weighted by Crippen LogP contribution is -2.35. The average molecular weight is 480 g/mol. The predicted molar refractivity (Wildman–Crippen MR) is 144 cm³/mol. The molecule has 0 aliphatic rings. The minimum atomic E-state index is -0.358. The Kier molecular flexibility index (Phi) is 7.23. The van der Waals surface area contributed by atoms with E-state index in [1.54, 1.807) is 26.2 Å². The molecule has 4 rings (SSSR count). The third-order valence-corrected chi connectivity index (χ3v) is 5.83. The Labute approximate surface area is 211 Å². The van der Waals surface area contributed by atoms with E-state index in [9.17, 15) is 4.79 Å². The maximum atomic E-state index is 12.4. The van der Waals surface area contributed by atoms with Crippen molar-refractivity contribution in [2.45, 2.75) is 26.8 Å². The summed E-state index contributed by atoms with van der Waals surface area (Å²) >= 11 is 0. The lowest BCUT2D eigenvalue weighted by Gasteiger charge is -2.17. The van der Waals surface area contributed by atoms with Gasteiger partial charge in [0.25, 0.3) is 0 Å². The van der Waals surface area contributed by atoms with Crippen LogP contribution in [0.2, 0.25) is 0 Å². The topological polar surface area (TPSA) is 95.9 Å². The molecule has 8 heteroatoms. The molecule has 2 N–H and O–H groups in total. The van der Waals surface area contributed by atoms with Crippen LogP contribution in [-0.4, -0.2) is 53.0 Å². The number of nitrogens with one attached hydrogen (secondary N) is 2. The molecule has 8 nitrogen and oxygen atoms in total. The first kappa shape index (κ1) is 24.8. The number of benzene rings is 1. The van der Waals surface area contributed by atoms with Crippen molar-refractivity contribution in [3.63, 3.8) is 0 Å². The van der Waals surface area contributed by atoms with Crippen LogP contribution in [0.3, 0.4) is 0 Å². The summed E-state index contributed by atoms with van der Waals surface area (Å²) in [7, 11) is 5.56. The highest BCUT2D eigenvalue weighted by molar-refractivity contribution is 5.94. The smallest absolute Gasteiger partial charge is 0.242 e. The van der Waals surface area contributed by atoms with E-state index >= 15 is 0 Å². The summed E-state index contributed by atoms with van der Waals surface area (Å²) in [6.45, 7) is 5.69.